The van der Waals surface area contributed by atoms with Gasteiger partial charge in [0.05, 0.1) is 7.05 Å². The largest absolute Gasteiger partial charge is 0.554 e. The van der Waals surface area contributed by atoms with Crippen LogP contribution in [0.5, 0.6) is 0 Å². The Labute approximate surface area is 60.0 Å². The van der Waals surface area contributed by atoms with Crippen molar-refractivity contribution < 1.29 is 14.2 Å². The summed E-state index contributed by atoms with van der Waals surface area (Å²) in [6, 6.07) is -0.0453. The Morgan fingerprint density at radius 1 is 1.60 bits per heavy atom. The van der Waals surface area contributed by atoms with Crippen LogP contribution in [0.4, 0.5) is 4.79 Å². The van der Waals surface area contributed by atoms with E-state index in [1.807, 2.05) is 0 Å². The molecule has 0 spiro atoms. The molecule has 1 atom stereocenters. The van der Waals surface area contributed by atoms with Crippen molar-refractivity contribution >= 4 is 6.09 Å². The van der Waals surface area contributed by atoms with E-state index in [1.54, 1.807) is 13.8 Å². The highest BCUT2D eigenvalue weighted by atomic mass is 16.7. The second kappa shape index (κ2) is 2.96. The molecule has 0 aliphatic carbocycles. The highest BCUT2D eigenvalue weighted by Gasteiger charge is 2.33. The van der Waals surface area contributed by atoms with Crippen molar-refractivity contribution in [3.05, 3.63) is 0 Å². The minimum atomic E-state index is -0.644. The van der Waals surface area contributed by atoms with E-state index >= 15 is 0 Å². The number of amides is 1. The Morgan fingerprint density at radius 2 is 2.00 bits per heavy atom. The van der Waals surface area contributed by atoms with Crippen LogP contribution in [0.1, 0.15) is 13.8 Å². The Balaban J connectivity index is 4.24. The molecule has 0 bridgehead atoms. The fraction of sp³-hybridized carbons (Fsp3) is 0.800. The van der Waals surface area contributed by atoms with Crippen molar-refractivity contribution in [2.45, 2.75) is 19.9 Å². The number of hydrogen-bond donors (Lipinski definition) is 2. The summed E-state index contributed by atoms with van der Waals surface area (Å²) in [6.45, 7) is 3.60. The molecule has 0 aliphatic rings. The third-order valence-electron chi connectivity index (χ3n) is 1.57. The summed E-state index contributed by atoms with van der Waals surface area (Å²) in [4.78, 5) is 14.8. The number of carbonyl (C=O) groups excluding carboxylic acids is 1. The summed E-state index contributed by atoms with van der Waals surface area (Å²) >= 11 is 0. The predicted octanol–water partition coefficient (Wildman–Crippen LogP) is -0.275. The molecule has 0 aliphatic heterocycles. The molecule has 0 heterocycles. The van der Waals surface area contributed by atoms with Crippen LogP contribution in [0.25, 0.3) is 0 Å². The van der Waals surface area contributed by atoms with E-state index in [0.717, 1.165) is 0 Å². The topological polar surface area (TPSA) is 78.3 Å². The number of nitrogens with two attached hydrogens (primary N) is 2. The lowest BCUT2D eigenvalue weighted by molar-refractivity contribution is -0.871. The first-order chi connectivity index (χ1) is 4.42. The van der Waals surface area contributed by atoms with Crippen molar-refractivity contribution in [1.82, 2.24) is 0 Å². The average molecular weight is 148 g/mol. The molecule has 0 saturated heterocycles. The zero-order valence-corrected chi connectivity index (χ0v) is 6.50. The summed E-state index contributed by atoms with van der Waals surface area (Å²) in [6.07, 6.45) is -0.644. The number of quaternary nitrogens is 1. The van der Waals surface area contributed by atoms with Gasteiger partial charge in [-0.05, 0) is 13.8 Å². The van der Waals surface area contributed by atoms with Crippen molar-refractivity contribution in [3.8, 4) is 0 Å². The van der Waals surface area contributed by atoms with Crippen molar-refractivity contribution in [2.24, 2.45) is 11.7 Å². The van der Waals surface area contributed by atoms with Crippen LogP contribution < -0.4 is 11.7 Å². The van der Waals surface area contributed by atoms with Gasteiger partial charge in [0, 0.05) is 0 Å². The number of hydrogen-bond acceptors (Lipinski definition) is 4. The van der Waals surface area contributed by atoms with E-state index in [2.05, 4.69) is 10.7 Å². The van der Waals surface area contributed by atoms with Crippen LogP contribution in [-0.4, -0.2) is 23.8 Å². The molecule has 60 valence electrons. The van der Waals surface area contributed by atoms with Crippen LogP contribution in [0.3, 0.4) is 0 Å². The standard InChI is InChI=1S/C5H14N3O2/c1-4(2)8(3,6)5(9)10-7/h4H,6-7H2,1-3H3/q+1. The normalized spacial score (nSPS) is 16.6. The molecule has 5 heteroatoms. The second-order valence-electron chi connectivity index (χ2n) is 2.62. The maximum atomic E-state index is 10.8. The maximum Gasteiger partial charge on any atom is 0.554 e. The predicted molar refractivity (Wildman–Crippen MR) is 36.2 cm³/mol. The van der Waals surface area contributed by atoms with Crippen LogP contribution in [0.15, 0.2) is 0 Å². The summed E-state index contributed by atoms with van der Waals surface area (Å²) in [5.41, 5.74) is 0. The van der Waals surface area contributed by atoms with E-state index in [-0.39, 0.29) is 10.6 Å². The Morgan fingerprint density at radius 3 is 2.10 bits per heavy atom. The molecule has 0 rings (SSSR count). The molecule has 0 aromatic rings. The SMILES string of the molecule is CC(C)[N+](C)(N)C(=O)ON. The average Bonchev–Trinajstić information content (AvgIpc) is 1.86. The fourth-order valence-corrected chi connectivity index (χ4v) is 0.324. The number of rotatable bonds is 1. The lowest BCUT2D eigenvalue weighted by atomic mass is 10.3. The summed E-state index contributed by atoms with van der Waals surface area (Å²) in [5.74, 6) is 10.1. The second-order valence-corrected chi connectivity index (χ2v) is 2.62. The lowest BCUT2D eigenvalue weighted by Gasteiger charge is -2.26. The van der Waals surface area contributed by atoms with E-state index < -0.39 is 6.09 Å². The van der Waals surface area contributed by atoms with Crippen molar-refractivity contribution in [2.75, 3.05) is 7.05 Å². The van der Waals surface area contributed by atoms with Gasteiger partial charge in [-0.3, -0.25) is 0 Å². The smallest absolute Gasteiger partial charge is 0.325 e. The van der Waals surface area contributed by atoms with Crippen LogP contribution >= 0.6 is 0 Å². The first-order valence-electron chi connectivity index (χ1n) is 2.99. The van der Waals surface area contributed by atoms with Gasteiger partial charge in [-0.15, -0.1) is 4.59 Å². The van der Waals surface area contributed by atoms with E-state index in [9.17, 15) is 4.79 Å². The Bertz CT molecular complexity index is 133. The molecule has 0 aromatic carbocycles. The molecule has 5 nitrogen and oxygen atoms in total. The number of carbonyl (C=O) groups is 1. The zero-order chi connectivity index (χ0) is 8.36. The highest BCUT2D eigenvalue weighted by molar-refractivity contribution is 5.58. The molecule has 0 saturated carbocycles. The molecule has 0 aromatic heterocycles. The Hall–Kier alpha value is -0.650. The zero-order valence-electron chi connectivity index (χ0n) is 6.50. The molecule has 10 heavy (non-hydrogen) atoms. The third kappa shape index (κ3) is 1.66. The molecule has 4 N–H and O–H groups in total. The van der Waals surface area contributed by atoms with Gasteiger partial charge in [-0.25, -0.2) is 0 Å². The van der Waals surface area contributed by atoms with Gasteiger partial charge < -0.3 is 4.84 Å². The van der Waals surface area contributed by atoms with Crippen LogP contribution in [0, 0.1) is 0 Å². The van der Waals surface area contributed by atoms with E-state index in [1.165, 1.54) is 7.05 Å². The van der Waals surface area contributed by atoms with Gasteiger partial charge in [0.2, 0.25) is 0 Å². The molecule has 0 fully saturated rings. The third-order valence-corrected chi connectivity index (χ3v) is 1.57. The number of nitrogens with zero attached hydrogens (tertiary/aromatic N) is 1. The molecule has 0 radical (unpaired) electrons. The summed E-state index contributed by atoms with van der Waals surface area (Å²) in [5, 5.41) is 0. The monoisotopic (exact) mass is 148 g/mol. The van der Waals surface area contributed by atoms with Gasteiger partial charge in [0.1, 0.15) is 6.04 Å². The van der Waals surface area contributed by atoms with E-state index in [4.69, 9.17) is 5.84 Å². The van der Waals surface area contributed by atoms with Gasteiger partial charge in [0.25, 0.3) is 0 Å². The van der Waals surface area contributed by atoms with E-state index in [0.29, 0.717) is 0 Å². The lowest BCUT2D eigenvalue weighted by Crippen LogP contribution is -2.60. The summed E-state index contributed by atoms with van der Waals surface area (Å²) in [7, 11) is 1.53. The maximum absolute atomic E-state index is 10.8. The highest BCUT2D eigenvalue weighted by Crippen LogP contribution is 2.02. The van der Waals surface area contributed by atoms with Crippen molar-refractivity contribution in [3.63, 3.8) is 0 Å². The fourth-order valence-electron chi connectivity index (χ4n) is 0.324. The Kier molecular flexibility index (Phi) is 2.77. The van der Waals surface area contributed by atoms with Gasteiger partial charge in [0.15, 0.2) is 0 Å². The van der Waals surface area contributed by atoms with Crippen LogP contribution in [-0.2, 0) is 4.84 Å². The molecular formula is C5H14N3O2+. The van der Waals surface area contributed by atoms with Crippen molar-refractivity contribution in [1.29, 1.82) is 0 Å². The van der Waals surface area contributed by atoms with Gasteiger partial charge in [-0.1, -0.05) is 0 Å². The summed E-state index contributed by atoms with van der Waals surface area (Å²) < 4.78 is -0.351. The first-order valence-corrected chi connectivity index (χ1v) is 2.99. The minimum absolute atomic E-state index is 0.0453. The molecular weight excluding hydrogens is 134 g/mol. The molecule has 1 amide bonds. The van der Waals surface area contributed by atoms with Gasteiger partial charge >= 0.3 is 6.09 Å². The first kappa shape index (κ1) is 9.35. The molecule has 1 unspecified atom stereocenters. The van der Waals surface area contributed by atoms with Gasteiger partial charge in [-0.2, -0.15) is 16.5 Å². The quantitative estimate of drug-likeness (QED) is 0.232. The minimum Gasteiger partial charge on any atom is -0.325 e. The van der Waals surface area contributed by atoms with Crippen LogP contribution in [0.2, 0.25) is 0 Å².